The molecule has 7 heteroatoms. The Morgan fingerprint density at radius 2 is 1.45 bits per heavy atom. The lowest BCUT2D eigenvalue weighted by atomic mass is 10.3. The third kappa shape index (κ3) is 9.38. The molecule has 0 aliphatic rings. The van der Waals surface area contributed by atoms with Crippen molar-refractivity contribution in [2.24, 2.45) is 0 Å². The average molecular weight is 335 g/mol. The fourth-order valence-electron chi connectivity index (χ4n) is 1.23. The van der Waals surface area contributed by atoms with E-state index in [1.54, 1.807) is 6.92 Å². The van der Waals surface area contributed by atoms with Gasteiger partial charge in [-0.15, -0.1) is 0 Å². The van der Waals surface area contributed by atoms with E-state index in [1.165, 1.54) is 0 Å². The van der Waals surface area contributed by atoms with Gasteiger partial charge in [0, 0.05) is 10.2 Å². The van der Waals surface area contributed by atoms with Gasteiger partial charge in [-0.05, 0) is 52.6 Å². The number of rotatable bonds is 8. The van der Waals surface area contributed by atoms with Gasteiger partial charge in [-0.3, -0.25) is 0 Å². The summed E-state index contributed by atoms with van der Waals surface area (Å²) >= 11 is 0. The summed E-state index contributed by atoms with van der Waals surface area (Å²) in [6.07, 6.45) is 0.935. The third-order valence-electron chi connectivity index (χ3n) is 2.14. The van der Waals surface area contributed by atoms with Crippen molar-refractivity contribution in [2.45, 2.75) is 58.7 Å². The molecule has 0 saturated carbocycles. The molecule has 0 unspecified atom stereocenters. The molecule has 20 heavy (non-hydrogen) atoms. The second kappa shape index (κ2) is 8.04. The number of carbonyl (C=O) groups excluding carboxylic acids is 1. The molecule has 0 aliphatic heterocycles. The Morgan fingerprint density at radius 3 is 1.80 bits per heavy atom. The molecule has 0 aromatic rings. The topological polar surface area (TPSA) is 44.8 Å². The SMILES string of the molecule is CC(C(=O)OCCC[SiH3])=C(O[Si](C)(C)C)O[Si](C)(C)C. The van der Waals surface area contributed by atoms with Gasteiger partial charge in [0.2, 0.25) is 16.6 Å². The highest BCUT2D eigenvalue weighted by molar-refractivity contribution is 6.71. The van der Waals surface area contributed by atoms with Gasteiger partial charge in [-0.2, -0.15) is 0 Å². The lowest BCUT2D eigenvalue weighted by molar-refractivity contribution is -0.139. The molecule has 0 fully saturated rings. The van der Waals surface area contributed by atoms with Crippen molar-refractivity contribution in [3.05, 3.63) is 11.5 Å². The molecule has 118 valence electrons. The first-order valence-corrected chi connectivity index (χ1v) is 15.5. The summed E-state index contributed by atoms with van der Waals surface area (Å²) in [6, 6.07) is 1.14. The molecule has 0 N–H and O–H groups in total. The van der Waals surface area contributed by atoms with Crippen LogP contribution in [-0.2, 0) is 18.4 Å². The zero-order valence-corrected chi connectivity index (χ0v) is 18.3. The predicted molar refractivity (Wildman–Crippen MR) is 91.9 cm³/mol. The van der Waals surface area contributed by atoms with Crippen molar-refractivity contribution < 1.29 is 18.4 Å². The lowest BCUT2D eigenvalue weighted by Gasteiger charge is -2.28. The quantitative estimate of drug-likeness (QED) is 0.225. The second-order valence-electron chi connectivity index (χ2n) is 6.83. The van der Waals surface area contributed by atoms with Crippen LogP contribution in [-0.4, -0.2) is 39.5 Å². The second-order valence-corrected chi connectivity index (χ2v) is 16.7. The Hall–Kier alpha value is -0.539. The van der Waals surface area contributed by atoms with E-state index in [0.29, 0.717) is 18.1 Å². The molecular weight excluding hydrogens is 304 g/mol. The van der Waals surface area contributed by atoms with Crippen LogP contribution in [0.4, 0.5) is 0 Å². The van der Waals surface area contributed by atoms with E-state index in [1.807, 2.05) is 0 Å². The smallest absolute Gasteiger partial charge is 0.340 e. The summed E-state index contributed by atoms with van der Waals surface area (Å²) in [5.74, 6) is 0.0471. The molecule has 0 amide bonds. The molecule has 0 saturated heterocycles. The van der Waals surface area contributed by atoms with Gasteiger partial charge in [-0.1, -0.05) is 6.04 Å². The van der Waals surface area contributed by atoms with E-state index >= 15 is 0 Å². The highest BCUT2D eigenvalue weighted by Crippen LogP contribution is 2.21. The lowest BCUT2D eigenvalue weighted by Crippen LogP contribution is -2.33. The number of esters is 1. The minimum Gasteiger partial charge on any atom is -0.520 e. The minimum atomic E-state index is -1.83. The Kier molecular flexibility index (Phi) is 7.82. The molecular formula is C13H30O4Si3. The van der Waals surface area contributed by atoms with Gasteiger partial charge in [-0.25, -0.2) is 4.79 Å². The Bertz CT molecular complexity index is 336. The van der Waals surface area contributed by atoms with Crippen LogP contribution in [0.3, 0.4) is 0 Å². The van der Waals surface area contributed by atoms with Crippen LogP contribution in [0.1, 0.15) is 13.3 Å². The summed E-state index contributed by atoms with van der Waals surface area (Å²) in [5.41, 5.74) is 0.447. The van der Waals surface area contributed by atoms with Crippen LogP contribution >= 0.6 is 0 Å². The summed E-state index contributed by atoms with van der Waals surface area (Å²) in [7, 11) is -2.52. The van der Waals surface area contributed by atoms with Gasteiger partial charge < -0.3 is 13.6 Å². The number of hydrogen-bond donors (Lipinski definition) is 0. The van der Waals surface area contributed by atoms with Crippen LogP contribution in [0, 0.1) is 0 Å². The molecule has 0 aromatic heterocycles. The highest BCUT2D eigenvalue weighted by Gasteiger charge is 2.27. The minimum absolute atomic E-state index is 0.327. The van der Waals surface area contributed by atoms with Crippen molar-refractivity contribution >= 4 is 32.8 Å². The highest BCUT2D eigenvalue weighted by atomic mass is 28.4. The van der Waals surface area contributed by atoms with Gasteiger partial charge >= 0.3 is 5.97 Å². The van der Waals surface area contributed by atoms with Crippen LogP contribution in [0.2, 0.25) is 45.3 Å². The van der Waals surface area contributed by atoms with Gasteiger partial charge in [0.05, 0.1) is 6.61 Å². The van der Waals surface area contributed by atoms with E-state index in [0.717, 1.165) is 22.7 Å². The largest absolute Gasteiger partial charge is 0.520 e. The summed E-state index contributed by atoms with van der Waals surface area (Å²) in [5, 5.41) is 0. The normalized spacial score (nSPS) is 11.9. The maximum absolute atomic E-state index is 12.0. The van der Waals surface area contributed by atoms with E-state index in [2.05, 4.69) is 39.3 Å². The Balaban J connectivity index is 5.04. The van der Waals surface area contributed by atoms with Crippen molar-refractivity contribution in [3.8, 4) is 0 Å². The summed E-state index contributed by atoms with van der Waals surface area (Å²) in [6.45, 7) is 14.6. The standard InChI is InChI=1S/C13H30O4Si3/c1-11(12(14)15-9-8-10-18)13(16-19(2,3)4)17-20(5,6)7/h8-10H2,1-7,18H3. The molecule has 0 aliphatic carbocycles. The van der Waals surface area contributed by atoms with Gasteiger partial charge in [0.25, 0.3) is 5.95 Å². The number of ether oxygens (including phenoxy) is 1. The zero-order chi connectivity index (χ0) is 16.0. The summed E-state index contributed by atoms with van der Waals surface area (Å²) < 4.78 is 17.1. The van der Waals surface area contributed by atoms with E-state index in [-0.39, 0.29) is 5.97 Å². The zero-order valence-electron chi connectivity index (χ0n) is 14.3. The van der Waals surface area contributed by atoms with E-state index in [9.17, 15) is 4.79 Å². The fraction of sp³-hybridized carbons (Fsp3) is 0.769. The van der Waals surface area contributed by atoms with Gasteiger partial charge in [0.15, 0.2) is 0 Å². The van der Waals surface area contributed by atoms with Crippen LogP contribution in [0.5, 0.6) is 0 Å². The van der Waals surface area contributed by atoms with E-state index in [4.69, 9.17) is 13.6 Å². The maximum Gasteiger partial charge on any atom is 0.340 e. The predicted octanol–water partition coefficient (Wildman–Crippen LogP) is 2.64. The molecule has 0 spiro atoms. The monoisotopic (exact) mass is 334 g/mol. The Morgan fingerprint density at radius 1 is 1.00 bits per heavy atom. The molecule has 0 radical (unpaired) electrons. The number of carbonyl (C=O) groups is 1. The van der Waals surface area contributed by atoms with Crippen LogP contribution < -0.4 is 0 Å². The first-order chi connectivity index (χ1) is 8.96. The van der Waals surface area contributed by atoms with Crippen molar-refractivity contribution in [1.29, 1.82) is 0 Å². The molecule has 0 aromatic carbocycles. The first kappa shape index (κ1) is 19.5. The van der Waals surface area contributed by atoms with Crippen LogP contribution in [0.15, 0.2) is 11.5 Å². The third-order valence-corrected chi connectivity index (χ3v) is 4.44. The summed E-state index contributed by atoms with van der Waals surface area (Å²) in [4.78, 5) is 12.0. The van der Waals surface area contributed by atoms with E-state index < -0.39 is 16.6 Å². The molecule has 0 heterocycles. The van der Waals surface area contributed by atoms with Crippen molar-refractivity contribution in [3.63, 3.8) is 0 Å². The molecule has 0 bridgehead atoms. The Labute approximate surface area is 128 Å². The average Bonchev–Trinajstić information content (AvgIpc) is 2.23. The van der Waals surface area contributed by atoms with Crippen LogP contribution in [0.25, 0.3) is 0 Å². The van der Waals surface area contributed by atoms with Crippen molar-refractivity contribution in [2.75, 3.05) is 6.61 Å². The fourth-order valence-corrected chi connectivity index (χ4v) is 3.10. The number of hydrogen-bond acceptors (Lipinski definition) is 4. The van der Waals surface area contributed by atoms with Crippen molar-refractivity contribution in [1.82, 2.24) is 0 Å². The maximum atomic E-state index is 12.0. The van der Waals surface area contributed by atoms with Gasteiger partial charge in [0.1, 0.15) is 5.57 Å². The first-order valence-electron chi connectivity index (χ1n) is 7.22. The molecule has 0 rings (SSSR count). The molecule has 0 atom stereocenters. The molecule has 4 nitrogen and oxygen atoms in total.